The number of nitrogens with zero attached hydrogens (tertiary/aromatic N) is 2. The summed E-state index contributed by atoms with van der Waals surface area (Å²) >= 11 is 0. The first kappa shape index (κ1) is 18.2. The number of primary sulfonamides is 1. The van der Waals surface area contributed by atoms with Crippen molar-refractivity contribution >= 4 is 27.1 Å². The summed E-state index contributed by atoms with van der Waals surface area (Å²) < 4.78 is 22.8. The number of rotatable bonds is 6. The quantitative estimate of drug-likeness (QED) is 0.589. The molecule has 9 heteroatoms. The molecule has 8 nitrogen and oxygen atoms in total. The Morgan fingerprint density at radius 1 is 1.31 bits per heavy atom. The Morgan fingerprint density at radius 3 is 2.73 bits per heavy atom. The number of hydrogen-bond acceptors (Lipinski definition) is 6. The minimum Gasteiger partial charge on any atom is -0.378 e. The lowest BCUT2D eigenvalue weighted by Gasteiger charge is -2.25. The Kier molecular flexibility index (Phi) is 4.84. The summed E-state index contributed by atoms with van der Waals surface area (Å²) in [5, 5.41) is 19.3. The van der Waals surface area contributed by atoms with Gasteiger partial charge in [-0.1, -0.05) is 18.2 Å². The molecule has 0 aromatic heterocycles. The molecule has 1 atom stereocenters. The number of nitrogens with one attached hydrogen (secondary N) is 1. The van der Waals surface area contributed by atoms with Crippen molar-refractivity contribution in [3.05, 3.63) is 58.1 Å². The van der Waals surface area contributed by atoms with Gasteiger partial charge < -0.3 is 10.2 Å². The summed E-state index contributed by atoms with van der Waals surface area (Å²) in [6, 6.07) is 12.2. The van der Waals surface area contributed by atoms with Gasteiger partial charge in [-0.05, 0) is 37.1 Å². The molecule has 2 aromatic carbocycles. The fourth-order valence-corrected chi connectivity index (χ4v) is 3.80. The molecule has 3 rings (SSSR count). The summed E-state index contributed by atoms with van der Waals surface area (Å²) in [4.78, 5) is 12.6. The summed E-state index contributed by atoms with van der Waals surface area (Å²) in [5.41, 5.74) is 2.43. The highest BCUT2D eigenvalue weighted by Gasteiger charge is 2.25. The van der Waals surface area contributed by atoms with E-state index >= 15 is 0 Å². The summed E-state index contributed by atoms with van der Waals surface area (Å²) in [6.07, 6.45) is 0.972. The van der Waals surface area contributed by atoms with Gasteiger partial charge in [-0.3, -0.25) is 10.1 Å². The fourth-order valence-electron chi connectivity index (χ4n) is 3.27. The highest BCUT2D eigenvalue weighted by Crippen LogP contribution is 2.32. The Bertz CT molecular complexity index is 946. The minimum atomic E-state index is -3.99. The third kappa shape index (κ3) is 3.63. The molecular formula is C17H20N4O4S. The number of hydrogen-bond donors (Lipinski definition) is 2. The first-order valence-corrected chi connectivity index (χ1v) is 9.71. The van der Waals surface area contributed by atoms with Crippen molar-refractivity contribution in [3.8, 4) is 0 Å². The average Bonchev–Trinajstić information content (AvgIpc) is 2.89. The lowest BCUT2D eigenvalue weighted by atomic mass is 10.1. The summed E-state index contributed by atoms with van der Waals surface area (Å²) in [6.45, 7) is 3.30. The maximum atomic E-state index is 11.4. The molecule has 1 heterocycles. The molecule has 1 unspecified atom stereocenters. The Balaban J connectivity index is 1.73. The number of nitrogens with two attached hydrogens (primary N) is 1. The molecule has 0 fully saturated rings. The van der Waals surface area contributed by atoms with E-state index in [1.54, 1.807) is 0 Å². The number of sulfonamides is 1. The molecule has 3 N–H and O–H groups in total. The highest BCUT2D eigenvalue weighted by atomic mass is 32.2. The van der Waals surface area contributed by atoms with Crippen LogP contribution in [0.15, 0.2) is 47.4 Å². The van der Waals surface area contributed by atoms with E-state index in [-0.39, 0.29) is 16.3 Å². The SMILES string of the molecule is CC1Cc2ccccc2N1CCNc1ccc(S(N)(=O)=O)cc1[N+](=O)[O-]. The smallest absolute Gasteiger partial charge is 0.293 e. The van der Waals surface area contributed by atoms with Crippen LogP contribution in [0.1, 0.15) is 12.5 Å². The second-order valence-corrected chi connectivity index (χ2v) is 7.84. The lowest BCUT2D eigenvalue weighted by Crippen LogP contribution is -2.33. The predicted octanol–water partition coefficient (Wildman–Crippen LogP) is 2.11. The van der Waals surface area contributed by atoms with Gasteiger partial charge in [-0.2, -0.15) is 0 Å². The van der Waals surface area contributed by atoms with Gasteiger partial charge in [0.15, 0.2) is 0 Å². The van der Waals surface area contributed by atoms with Crippen molar-refractivity contribution in [2.24, 2.45) is 5.14 Å². The van der Waals surface area contributed by atoms with Gasteiger partial charge in [0.2, 0.25) is 10.0 Å². The Morgan fingerprint density at radius 2 is 2.04 bits per heavy atom. The Hall–Kier alpha value is -2.65. The Labute approximate surface area is 151 Å². The van der Waals surface area contributed by atoms with Crippen molar-refractivity contribution in [1.29, 1.82) is 0 Å². The second kappa shape index (κ2) is 6.93. The first-order valence-electron chi connectivity index (χ1n) is 8.17. The lowest BCUT2D eigenvalue weighted by molar-refractivity contribution is -0.384. The number of anilines is 2. The number of fused-ring (bicyclic) bond motifs is 1. The molecule has 0 radical (unpaired) electrons. The van der Waals surface area contributed by atoms with E-state index in [0.717, 1.165) is 12.5 Å². The van der Waals surface area contributed by atoms with E-state index in [4.69, 9.17) is 5.14 Å². The fraction of sp³-hybridized carbons (Fsp3) is 0.294. The number of para-hydroxylation sites is 1. The number of nitro benzene ring substituents is 1. The standard InChI is InChI=1S/C17H20N4O4S/c1-12-10-13-4-2-3-5-16(13)20(12)9-8-19-15-7-6-14(26(18,24)25)11-17(15)21(22)23/h2-7,11-12,19H,8-10H2,1H3,(H2,18,24,25). The normalized spacial score (nSPS) is 16.4. The van der Waals surface area contributed by atoms with E-state index < -0.39 is 14.9 Å². The van der Waals surface area contributed by atoms with Crippen LogP contribution in [-0.4, -0.2) is 32.5 Å². The topological polar surface area (TPSA) is 119 Å². The molecule has 1 aliphatic rings. The van der Waals surface area contributed by atoms with Crippen LogP contribution in [0.3, 0.4) is 0 Å². The zero-order valence-electron chi connectivity index (χ0n) is 14.3. The monoisotopic (exact) mass is 376 g/mol. The van der Waals surface area contributed by atoms with E-state index in [1.807, 2.05) is 12.1 Å². The van der Waals surface area contributed by atoms with E-state index in [1.165, 1.54) is 23.4 Å². The molecule has 0 spiro atoms. The molecule has 0 amide bonds. The van der Waals surface area contributed by atoms with Crippen LogP contribution in [0.5, 0.6) is 0 Å². The van der Waals surface area contributed by atoms with Crippen LogP contribution < -0.4 is 15.4 Å². The van der Waals surface area contributed by atoms with E-state index in [9.17, 15) is 18.5 Å². The number of nitro groups is 1. The van der Waals surface area contributed by atoms with Crippen molar-refractivity contribution < 1.29 is 13.3 Å². The van der Waals surface area contributed by atoms with Crippen LogP contribution in [0.25, 0.3) is 0 Å². The largest absolute Gasteiger partial charge is 0.378 e. The van der Waals surface area contributed by atoms with Gasteiger partial charge in [-0.15, -0.1) is 0 Å². The van der Waals surface area contributed by atoms with Gasteiger partial charge in [0.25, 0.3) is 5.69 Å². The van der Waals surface area contributed by atoms with Crippen molar-refractivity contribution in [1.82, 2.24) is 0 Å². The van der Waals surface area contributed by atoms with Gasteiger partial charge in [0.1, 0.15) is 5.69 Å². The first-order chi connectivity index (χ1) is 12.3. The molecule has 26 heavy (non-hydrogen) atoms. The van der Waals surface area contributed by atoms with E-state index in [2.05, 4.69) is 29.3 Å². The summed E-state index contributed by atoms with van der Waals surface area (Å²) in [5.74, 6) is 0. The zero-order chi connectivity index (χ0) is 18.9. The number of benzene rings is 2. The minimum absolute atomic E-state index is 0.266. The molecule has 1 aliphatic heterocycles. The van der Waals surface area contributed by atoms with Gasteiger partial charge >= 0.3 is 0 Å². The van der Waals surface area contributed by atoms with Crippen molar-refractivity contribution in [3.63, 3.8) is 0 Å². The predicted molar refractivity (Wildman–Crippen MR) is 99.9 cm³/mol. The van der Waals surface area contributed by atoms with Crippen molar-refractivity contribution in [2.75, 3.05) is 23.3 Å². The molecule has 0 bridgehead atoms. The van der Waals surface area contributed by atoms with Crippen LogP contribution in [0, 0.1) is 10.1 Å². The molecule has 0 saturated heterocycles. The third-order valence-corrected chi connectivity index (χ3v) is 5.42. The molecule has 138 valence electrons. The van der Waals surface area contributed by atoms with Gasteiger partial charge in [0, 0.05) is 30.9 Å². The van der Waals surface area contributed by atoms with Gasteiger partial charge in [-0.25, -0.2) is 13.6 Å². The third-order valence-electron chi connectivity index (χ3n) is 4.51. The maximum Gasteiger partial charge on any atom is 0.293 e. The summed E-state index contributed by atoms with van der Waals surface area (Å²) in [7, 11) is -3.99. The van der Waals surface area contributed by atoms with E-state index in [0.29, 0.717) is 19.1 Å². The highest BCUT2D eigenvalue weighted by molar-refractivity contribution is 7.89. The maximum absolute atomic E-state index is 11.4. The molecule has 0 saturated carbocycles. The molecular weight excluding hydrogens is 356 g/mol. The van der Waals surface area contributed by atoms with Crippen LogP contribution in [0.4, 0.5) is 17.1 Å². The van der Waals surface area contributed by atoms with Crippen LogP contribution in [0.2, 0.25) is 0 Å². The zero-order valence-corrected chi connectivity index (χ0v) is 15.1. The van der Waals surface area contributed by atoms with Gasteiger partial charge in [0.05, 0.1) is 9.82 Å². The van der Waals surface area contributed by atoms with Crippen molar-refractivity contribution in [2.45, 2.75) is 24.3 Å². The second-order valence-electron chi connectivity index (χ2n) is 6.28. The average molecular weight is 376 g/mol. The van der Waals surface area contributed by atoms with Crippen LogP contribution >= 0.6 is 0 Å². The molecule has 0 aliphatic carbocycles. The van der Waals surface area contributed by atoms with Crippen LogP contribution in [-0.2, 0) is 16.4 Å². The molecule has 2 aromatic rings.